The zero-order valence-electron chi connectivity index (χ0n) is 13.1. The van der Waals surface area contributed by atoms with E-state index < -0.39 is 0 Å². The Kier molecular flexibility index (Phi) is 10.0. The van der Waals surface area contributed by atoms with Crippen molar-refractivity contribution >= 4 is 41.7 Å². The molecule has 0 spiro atoms. The van der Waals surface area contributed by atoms with Crippen LogP contribution in [0.5, 0.6) is 0 Å². The van der Waals surface area contributed by atoms with Crippen molar-refractivity contribution in [3.8, 4) is 0 Å². The van der Waals surface area contributed by atoms with E-state index >= 15 is 0 Å². The van der Waals surface area contributed by atoms with Gasteiger partial charge in [0.25, 0.3) is 0 Å². The molecule has 0 aliphatic rings. The van der Waals surface area contributed by atoms with Gasteiger partial charge in [0, 0.05) is 24.9 Å². The quantitative estimate of drug-likeness (QED) is 0.417. The van der Waals surface area contributed by atoms with E-state index in [1.807, 2.05) is 17.8 Å². The van der Waals surface area contributed by atoms with E-state index in [1.54, 1.807) is 19.2 Å². The zero-order valence-corrected chi connectivity index (χ0v) is 16.2. The van der Waals surface area contributed by atoms with Gasteiger partial charge in [0.05, 0.1) is 0 Å². The molecule has 3 nitrogen and oxygen atoms in total. The number of nitrogens with one attached hydrogen (secondary N) is 2. The Morgan fingerprint density at radius 3 is 2.62 bits per heavy atom. The third kappa shape index (κ3) is 8.50. The van der Waals surface area contributed by atoms with Crippen LogP contribution in [0.1, 0.15) is 19.4 Å². The van der Waals surface area contributed by atoms with Crippen molar-refractivity contribution < 1.29 is 4.39 Å². The molecule has 0 atom stereocenters. The van der Waals surface area contributed by atoms with Crippen molar-refractivity contribution in [3.05, 3.63) is 35.6 Å². The summed E-state index contributed by atoms with van der Waals surface area (Å²) in [5.41, 5.74) is 0.984. The Morgan fingerprint density at radius 1 is 1.33 bits per heavy atom. The number of hydrogen-bond donors (Lipinski definition) is 2. The Morgan fingerprint density at radius 2 is 2.05 bits per heavy atom. The second-order valence-electron chi connectivity index (χ2n) is 5.20. The number of hydrogen-bond acceptors (Lipinski definition) is 2. The van der Waals surface area contributed by atoms with Crippen LogP contribution < -0.4 is 10.6 Å². The molecule has 0 bridgehead atoms. The minimum Gasteiger partial charge on any atom is -0.356 e. The van der Waals surface area contributed by atoms with Crippen LogP contribution in [0, 0.1) is 5.82 Å². The zero-order chi connectivity index (χ0) is 15.0. The Hall–Kier alpha value is -0.500. The number of rotatable bonds is 6. The summed E-state index contributed by atoms with van der Waals surface area (Å²) in [7, 11) is 1.75. The number of nitrogens with zero attached hydrogens (tertiary/aromatic N) is 1. The lowest BCUT2D eigenvalue weighted by Gasteiger charge is -2.23. The highest BCUT2D eigenvalue weighted by Gasteiger charge is 2.15. The largest absolute Gasteiger partial charge is 0.356 e. The average Bonchev–Trinajstić information content (AvgIpc) is 2.42. The number of halogens is 2. The van der Waals surface area contributed by atoms with Crippen LogP contribution >= 0.6 is 35.7 Å². The highest BCUT2D eigenvalue weighted by molar-refractivity contribution is 14.0. The maximum absolute atomic E-state index is 13.1. The third-order valence-electron chi connectivity index (χ3n) is 3.05. The van der Waals surface area contributed by atoms with E-state index in [9.17, 15) is 4.39 Å². The number of guanidine groups is 1. The van der Waals surface area contributed by atoms with Crippen LogP contribution in [-0.4, -0.2) is 37.1 Å². The van der Waals surface area contributed by atoms with Crippen LogP contribution in [0.4, 0.5) is 4.39 Å². The predicted molar refractivity (Wildman–Crippen MR) is 102 cm³/mol. The molecule has 0 saturated carbocycles. The molecular formula is C15H25FIN3S. The third-order valence-corrected chi connectivity index (χ3v) is 4.30. The molecule has 2 N–H and O–H groups in total. The van der Waals surface area contributed by atoms with Gasteiger partial charge in [-0.3, -0.25) is 4.99 Å². The molecule has 0 radical (unpaired) electrons. The second kappa shape index (κ2) is 10.3. The number of benzene rings is 1. The standard InChI is InChI=1S/C15H24FN3S.HI/c1-15(2,20-4)11-19-14(17-3)18-9-8-12-6-5-7-13(16)10-12;/h5-7,10H,8-9,11H2,1-4H3,(H2,17,18,19);1H. The van der Waals surface area contributed by atoms with E-state index in [1.165, 1.54) is 6.07 Å². The predicted octanol–water partition coefficient (Wildman–Crippen LogP) is 3.29. The summed E-state index contributed by atoms with van der Waals surface area (Å²) in [6, 6.07) is 6.69. The topological polar surface area (TPSA) is 36.4 Å². The molecule has 21 heavy (non-hydrogen) atoms. The fourth-order valence-electron chi connectivity index (χ4n) is 1.61. The Labute approximate surface area is 148 Å². The minimum atomic E-state index is -0.188. The highest BCUT2D eigenvalue weighted by Crippen LogP contribution is 2.19. The molecule has 0 heterocycles. The first-order chi connectivity index (χ1) is 9.46. The van der Waals surface area contributed by atoms with E-state index in [4.69, 9.17) is 0 Å². The van der Waals surface area contributed by atoms with Gasteiger partial charge in [0.15, 0.2) is 5.96 Å². The van der Waals surface area contributed by atoms with Gasteiger partial charge < -0.3 is 10.6 Å². The van der Waals surface area contributed by atoms with Crippen molar-refractivity contribution in [1.29, 1.82) is 0 Å². The molecule has 1 aromatic rings. The van der Waals surface area contributed by atoms with Crippen LogP contribution in [-0.2, 0) is 6.42 Å². The molecule has 0 saturated heterocycles. The molecule has 0 aliphatic carbocycles. The Bertz CT molecular complexity index is 452. The fourth-order valence-corrected chi connectivity index (χ4v) is 1.82. The van der Waals surface area contributed by atoms with E-state index in [0.717, 1.165) is 31.0 Å². The van der Waals surface area contributed by atoms with Gasteiger partial charge in [-0.05, 0) is 44.2 Å². The van der Waals surface area contributed by atoms with Gasteiger partial charge in [-0.1, -0.05) is 12.1 Å². The molecule has 0 fully saturated rings. The maximum Gasteiger partial charge on any atom is 0.191 e. The summed E-state index contributed by atoms with van der Waals surface area (Å²) in [4.78, 5) is 4.19. The first-order valence-corrected chi connectivity index (χ1v) is 7.93. The van der Waals surface area contributed by atoms with Gasteiger partial charge in [-0.2, -0.15) is 11.8 Å². The van der Waals surface area contributed by atoms with Gasteiger partial charge >= 0.3 is 0 Å². The highest BCUT2D eigenvalue weighted by atomic mass is 127. The number of thioether (sulfide) groups is 1. The first-order valence-electron chi connectivity index (χ1n) is 6.71. The molecule has 120 valence electrons. The van der Waals surface area contributed by atoms with Crippen LogP contribution in [0.25, 0.3) is 0 Å². The summed E-state index contributed by atoms with van der Waals surface area (Å²) in [6.45, 7) is 5.94. The molecular weight excluding hydrogens is 400 g/mol. The Balaban J connectivity index is 0.00000400. The molecule has 1 rings (SSSR count). The lowest BCUT2D eigenvalue weighted by atomic mass is 10.1. The van der Waals surface area contributed by atoms with Gasteiger partial charge in [0.1, 0.15) is 5.82 Å². The van der Waals surface area contributed by atoms with Gasteiger partial charge in [-0.25, -0.2) is 4.39 Å². The van der Waals surface area contributed by atoms with Crippen LogP contribution in [0.15, 0.2) is 29.3 Å². The summed E-state index contributed by atoms with van der Waals surface area (Å²) in [5, 5.41) is 6.54. The monoisotopic (exact) mass is 425 g/mol. The maximum atomic E-state index is 13.1. The average molecular weight is 425 g/mol. The molecule has 0 amide bonds. The molecule has 0 unspecified atom stereocenters. The van der Waals surface area contributed by atoms with Crippen LogP contribution in [0.2, 0.25) is 0 Å². The van der Waals surface area contributed by atoms with Crippen molar-refractivity contribution in [3.63, 3.8) is 0 Å². The molecule has 0 aliphatic heterocycles. The fraction of sp³-hybridized carbons (Fsp3) is 0.533. The summed E-state index contributed by atoms with van der Waals surface area (Å²) in [6.07, 6.45) is 2.87. The van der Waals surface area contributed by atoms with E-state index in [2.05, 4.69) is 35.7 Å². The van der Waals surface area contributed by atoms with Gasteiger partial charge in [-0.15, -0.1) is 24.0 Å². The van der Waals surface area contributed by atoms with Crippen molar-refractivity contribution in [2.45, 2.75) is 25.0 Å². The second-order valence-corrected chi connectivity index (χ2v) is 6.71. The minimum absolute atomic E-state index is 0. The van der Waals surface area contributed by atoms with Crippen molar-refractivity contribution in [2.75, 3.05) is 26.4 Å². The van der Waals surface area contributed by atoms with E-state index in [-0.39, 0.29) is 34.5 Å². The lowest BCUT2D eigenvalue weighted by molar-refractivity contribution is 0.624. The summed E-state index contributed by atoms with van der Waals surface area (Å²) >= 11 is 1.81. The molecule has 6 heteroatoms. The van der Waals surface area contributed by atoms with Crippen molar-refractivity contribution in [1.82, 2.24) is 10.6 Å². The molecule has 0 aromatic heterocycles. The van der Waals surface area contributed by atoms with E-state index in [0.29, 0.717) is 0 Å². The lowest BCUT2D eigenvalue weighted by Crippen LogP contribution is -2.43. The smallest absolute Gasteiger partial charge is 0.191 e. The molecule has 1 aromatic carbocycles. The number of aliphatic imine (C=N–C) groups is 1. The van der Waals surface area contributed by atoms with Gasteiger partial charge in [0.2, 0.25) is 0 Å². The van der Waals surface area contributed by atoms with Crippen molar-refractivity contribution in [2.24, 2.45) is 4.99 Å². The summed E-state index contributed by atoms with van der Waals surface area (Å²) in [5.74, 6) is 0.593. The van der Waals surface area contributed by atoms with Crippen LogP contribution in [0.3, 0.4) is 0 Å². The first kappa shape index (κ1) is 20.5. The normalized spacial score (nSPS) is 11.8. The SMILES string of the molecule is CN=C(NCCc1cccc(F)c1)NCC(C)(C)SC.I. The summed E-state index contributed by atoms with van der Waals surface area (Å²) < 4.78 is 13.2.